The van der Waals surface area contributed by atoms with Gasteiger partial charge in [-0.2, -0.15) is 9.83 Å². The van der Waals surface area contributed by atoms with Crippen LogP contribution in [0.1, 0.15) is 35.9 Å². The number of nitrogens with zero attached hydrogens (tertiary/aromatic N) is 2. The van der Waals surface area contributed by atoms with Gasteiger partial charge in [0.1, 0.15) is 0 Å². The van der Waals surface area contributed by atoms with Crippen LogP contribution in [0.25, 0.3) is 0 Å². The number of hydrogen-bond acceptors (Lipinski definition) is 3. The zero-order valence-corrected chi connectivity index (χ0v) is 10.7. The maximum atomic E-state index is 11.9. The zero-order chi connectivity index (χ0) is 13.7. The Morgan fingerprint density at radius 2 is 2.37 bits per heavy atom. The van der Waals surface area contributed by atoms with Gasteiger partial charge in [0.05, 0.1) is 0 Å². The summed E-state index contributed by atoms with van der Waals surface area (Å²) in [7, 11) is 0. The largest absolute Gasteiger partial charge is 0.618 e. The Balaban J connectivity index is 2.03. The third-order valence-electron chi connectivity index (χ3n) is 2.73. The van der Waals surface area contributed by atoms with Gasteiger partial charge in [0.2, 0.25) is 0 Å². The molecule has 6 nitrogen and oxygen atoms in total. The molecule has 0 unspecified atom stereocenters. The molecule has 0 aliphatic rings. The second-order valence-corrected chi connectivity index (χ2v) is 4.25. The predicted octanol–water partition coefficient (Wildman–Crippen LogP) is 1.64. The Labute approximate surface area is 111 Å². The highest BCUT2D eigenvalue weighted by atomic mass is 16.5. The molecule has 2 aromatic heterocycles. The van der Waals surface area contributed by atoms with E-state index in [0.29, 0.717) is 10.5 Å². The van der Waals surface area contributed by atoms with Crippen molar-refractivity contribution in [2.75, 3.05) is 5.32 Å². The highest BCUT2D eigenvalue weighted by Crippen LogP contribution is 2.09. The van der Waals surface area contributed by atoms with Gasteiger partial charge < -0.3 is 5.21 Å². The highest BCUT2D eigenvalue weighted by molar-refractivity contribution is 6.01. The van der Waals surface area contributed by atoms with Gasteiger partial charge in [-0.3, -0.25) is 15.2 Å². The highest BCUT2D eigenvalue weighted by Gasteiger charge is 2.16. The van der Waals surface area contributed by atoms with E-state index in [-0.39, 0.29) is 5.69 Å². The lowest BCUT2D eigenvalue weighted by Gasteiger charge is -2.02. The lowest BCUT2D eigenvalue weighted by atomic mass is 10.2. The predicted molar refractivity (Wildman–Crippen MR) is 70.6 cm³/mol. The first kappa shape index (κ1) is 13.1. The summed E-state index contributed by atoms with van der Waals surface area (Å²) in [6.07, 6.45) is 4.34. The molecule has 0 bridgehead atoms. The topological polar surface area (TPSA) is 84.7 Å². The molecule has 6 heteroatoms. The number of aromatic nitrogens is 3. The molecule has 2 aromatic rings. The molecule has 0 radical (unpaired) electrons. The maximum Gasteiger partial charge on any atom is 0.322 e. The number of H-pyrrole nitrogens is 1. The molecule has 0 aromatic carbocycles. The fraction of sp³-hybridized carbons (Fsp3) is 0.308. The Hall–Kier alpha value is -2.37. The zero-order valence-electron chi connectivity index (χ0n) is 10.7. The minimum absolute atomic E-state index is 0.0422. The van der Waals surface area contributed by atoms with Gasteiger partial charge in [-0.1, -0.05) is 13.3 Å². The lowest BCUT2D eigenvalue weighted by Crippen LogP contribution is -2.36. The average molecular weight is 260 g/mol. The maximum absolute atomic E-state index is 11.9. The van der Waals surface area contributed by atoms with Crippen LogP contribution in [0.4, 0.5) is 5.82 Å². The van der Waals surface area contributed by atoms with Crippen molar-refractivity contribution < 1.29 is 9.52 Å². The van der Waals surface area contributed by atoms with Crippen molar-refractivity contribution in [3.8, 4) is 0 Å². The minimum Gasteiger partial charge on any atom is -0.618 e. The number of rotatable bonds is 5. The molecule has 0 aliphatic carbocycles. The molecule has 0 spiro atoms. The molecular formula is C13H16N4O2. The van der Waals surface area contributed by atoms with Crippen LogP contribution in [0.3, 0.4) is 0 Å². The van der Waals surface area contributed by atoms with Crippen LogP contribution in [0.15, 0.2) is 30.5 Å². The lowest BCUT2D eigenvalue weighted by molar-refractivity contribution is -0.607. The van der Waals surface area contributed by atoms with Crippen molar-refractivity contribution >= 4 is 11.7 Å². The van der Waals surface area contributed by atoms with Crippen LogP contribution in [0.2, 0.25) is 0 Å². The number of carbonyl (C=O) groups excluding carboxylic acids is 1. The van der Waals surface area contributed by atoms with E-state index in [4.69, 9.17) is 0 Å². The van der Waals surface area contributed by atoms with E-state index in [1.807, 2.05) is 0 Å². The van der Waals surface area contributed by atoms with Crippen LogP contribution in [-0.2, 0) is 6.42 Å². The second kappa shape index (κ2) is 5.99. The molecule has 2 heterocycles. The third-order valence-corrected chi connectivity index (χ3v) is 2.73. The Morgan fingerprint density at radius 1 is 1.53 bits per heavy atom. The number of carbonyl (C=O) groups is 1. The van der Waals surface area contributed by atoms with E-state index in [1.165, 1.54) is 12.3 Å². The van der Waals surface area contributed by atoms with Gasteiger partial charge in [0, 0.05) is 23.9 Å². The van der Waals surface area contributed by atoms with Crippen molar-refractivity contribution in [3.63, 3.8) is 0 Å². The smallest absolute Gasteiger partial charge is 0.322 e. The number of aromatic amines is 1. The summed E-state index contributed by atoms with van der Waals surface area (Å²) >= 11 is 0. The molecule has 0 fully saturated rings. The van der Waals surface area contributed by atoms with Crippen molar-refractivity contribution in [3.05, 3.63) is 47.1 Å². The van der Waals surface area contributed by atoms with Crippen molar-refractivity contribution in [2.45, 2.75) is 26.2 Å². The molecule has 2 rings (SSSR count). The van der Waals surface area contributed by atoms with Gasteiger partial charge in [-0.05, 0) is 18.9 Å². The van der Waals surface area contributed by atoms with Crippen molar-refractivity contribution in [1.29, 1.82) is 0 Å². The van der Waals surface area contributed by atoms with E-state index < -0.39 is 5.91 Å². The van der Waals surface area contributed by atoms with Gasteiger partial charge in [0.15, 0.2) is 12.0 Å². The van der Waals surface area contributed by atoms with Crippen LogP contribution in [0, 0.1) is 5.21 Å². The first-order chi connectivity index (χ1) is 9.20. The molecule has 19 heavy (non-hydrogen) atoms. The molecule has 2 N–H and O–H groups in total. The van der Waals surface area contributed by atoms with Gasteiger partial charge in [-0.25, -0.2) is 0 Å². The molecule has 0 saturated carbocycles. The molecule has 0 aliphatic heterocycles. The SMILES string of the molecule is CCCCc1cc(NC(=O)c2cccc[n+]2[O-])n[nH]1. The van der Waals surface area contributed by atoms with E-state index in [0.717, 1.165) is 25.0 Å². The van der Waals surface area contributed by atoms with Crippen LogP contribution in [-0.4, -0.2) is 16.1 Å². The summed E-state index contributed by atoms with van der Waals surface area (Å²) in [6, 6.07) is 6.46. The Morgan fingerprint density at radius 3 is 3.11 bits per heavy atom. The fourth-order valence-corrected chi connectivity index (χ4v) is 1.71. The normalized spacial score (nSPS) is 10.4. The third kappa shape index (κ3) is 3.31. The molecule has 0 saturated heterocycles. The van der Waals surface area contributed by atoms with E-state index in [9.17, 15) is 10.0 Å². The van der Waals surface area contributed by atoms with E-state index in [2.05, 4.69) is 22.4 Å². The quantitative estimate of drug-likeness (QED) is 0.633. The molecule has 1 amide bonds. The summed E-state index contributed by atoms with van der Waals surface area (Å²) < 4.78 is 0.528. The summed E-state index contributed by atoms with van der Waals surface area (Å²) in [6.45, 7) is 2.11. The minimum atomic E-state index is -0.468. The van der Waals surface area contributed by atoms with Gasteiger partial charge in [0.25, 0.3) is 5.69 Å². The summed E-state index contributed by atoms with van der Waals surface area (Å²) in [5.41, 5.74) is 1.01. The van der Waals surface area contributed by atoms with E-state index >= 15 is 0 Å². The van der Waals surface area contributed by atoms with Crippen molar-refractivity contribution in [2.24, 2.45) is 0 Å². The fourth-order valence-electron chi connectivity index (χ4n) is 1.71. The Bertz CT molecular complexity index is 565. The summed E-state index contributed by atoms with van der Waals surface area (Å²) in [5.74, 6) is -0.0379. The van der Waals surface area contributed by atoms with Crippen LogP contribution >= 0.6 is 0 Å². The number of amides is 1. The van der Waals surface area contributed by atoms with E-state index in [1.54, 1.807) is 18.2 Å². The summed E-state index contributed by atoms with van der Waals surface area (Å²) in [4.78, 5) is 11.9. The average Bonchev–Trinajstić information content (AvgIpc) is 2.84. The number of aryl methyl sites for hydroxylation is 1. The van der Waals surface area contributed by atoms with Crippen LogP contribution < -0.4 is 10.0 Å². The van der Waals surface area contributed by atoms with Crippen molar-refractivity contribution in [1.82, 2.24) is 10.2 Å². The number of anilines is 1. The monoisotopic (exact) mass is 260 g/mol. The number of hydrogen-bond donors (Lipinski definition) is 2. The number of pyridine rings is 1. The standard InChI is InChI=1S/C13H16N4O2/c1-2-3-6-10-9-12(16-15-10)14-13(18)11-7-4-5-8-17(11)19/h4-5,7-9H,2-3,6H2,1H3,(H2,14,15,16,18). The first-order valence-electron chi connectivity index (χ1n) is 6.24. The number of nitrogens with one attached hydrogen (secondary N) is 2. The van der Waals surface area contributed by atoms with Crippen LogP contribution in [0.5, 0.6) is 0 Å². The molecule has 0 atom stereocenters. The Kier molecular flexibility index (Phi) is 4.12. The number of unbranched alkanes of at least 4 members (excludes halogenated alkanes) is 1. The van der Waals surface area contributed by atoms with Gasteiger partial charge >= 0.3 is 5.91 Å². The van der Waals surface area contributed by atoms with Gasteiger partial charge in [-0.15, -0.1) is 0 Å². The first-order valence-corrected chi connectivity index (χ1v) is 6.24. The second-order valence-electron chi connectivity index (χ2n) is 4.25. The molecule has 100 valence electrons. The molecular weight excluding hydrogens is 244 g/mol. The summed E-state index contributed by atoms with van der Waals surface area (Å²) in [5, 5.41) is 20.9.